The first-order chi connectivity index (χ1) is 23.2. The van der Waals surface area contributed by atoms with Crippen molar-refractivity contribution in [3.63, 3.8) is 0 Å². The van der Waals surface area contributed by atoms with Gasteiger partial charge in [0.05, 0.1) is 6.16 Å². The molecule has 11 heteroatoms. The van der Waals surface area contributed by atoms with E-state index in [0.717, 1.165) is 25.4 Å². The quantitative estimate of drug-likeness (QED) is 0.0593. The first-order valence-corrected chi connectivity index (χ1v) is 18.0. The molecule has 10 nitrogen and oxygen atoms in total. The molecule has 0 aliphatic rings. The third-order valence-electron chi connectivity index (χ3n) is 8.20. The van der Waals surface area contributed by atoms with E-state index in [4.69, 9.17) is 46.6 Å². The van der Waals surface area contributed by atoms with Gasteiger partial charge in [-0.25, -0.2) is 0 Å². The summed E-state index contributed by atoms with van der Waals surface area (Å²) in [6, 6.07) is 32.4. The Morgan fingerprint density at radius 3 is 1.27 bits per heavy atom. The van der Waals surface area contributed by atoms with Gasteiger partial charge in [0.15, 0.2) is 11.9 Å². The highest BCUT2D eigenvalue weighted by molar-refractivity contribution is 7.95. The largest absolute Gasteiger partial charge is 0.370 e. The fourth-order valence-corrected chi connectivity index (χ4v) is 10.3. The minimum Gasteiger partial charge on any atom is -0.370 e. The topological polar surface area (TPSA) is 183 Å². The van der Waals surface area contributed by atoms with Gasteiger partial charge in [-0.2, -0.15) is 9.98 Å². The van der Waals surface area contributed by atoms with Crippen LogP contribution in [0.3, 0.4) is 0 Å². The molecule has 0 bridgehead atoms. The molecular formula is C37H48N10P+. The molecule has 48 heavy (non-hydrogen) atoms. The lowest BCUT2D eigenvalue weighted by Gasteiger charge is -2.31. The number of aliphatic imine (C=N–C) groups is 2. The van der Waals surface area contributed by atoms with Crippen molar-refractivity contribution in [2.75, 3.05) is 32.3 Å². The molecule has 3 rings (SSSR count). The van der Waals surface area contributed by atoms with Crippen LogP contribution in [0.15, 0.2) is 101 Å². The number of benzene rings is 3. The summed E-state index contributed by atoms with van der Waals surface area (Å²) >= 11 is 0. The fourth-order valence-electron chi connectivity index (χ4n) is 5.80. The van der Waals surface area contributed by atoms with Gasteiger partial charge in [0.1, 0.15) is 23.2 Å². The maximum absolute atomic E-state index is 8.53. The zero-order chi connectivity index (χ0) is 34.8. The fraction of sp³-hybridized carbons (Fsp3) is 0.297. The number of rotatable bonds is 16. The van der Waals surface area contributed by atoms with E-state index in [1.54, 1.807) is 0 Å². The van der Waals surface area contributed by atoms with Gasteiger partial charge >= 0.3 is 0 Å². The van der Waals surface area contributed by atoms with Crippen molar-refractivity contribution in [2.45, 2.75) is 32.1 Å². The molecule has 10 N–H and O–H groups in total. The number of guanidine groups is 4. The second-order valence-corrected chi connectivity index (χ2v) is 15.0. The van der Waals surface area contributed by atoms with Crippen molar-refractivity contribution in [1.82, 2.24) is 9.80 Å². The molecule has 0 heterocycles. The lowest BCUT2D eigenvalue weighted by atomic mass is 9.97. The average molecular weight is 664 g/mol. The molecule has 0 saturated heterocycles. The van der Waals surface area contributed by atoms with Crippen LogP contribution in [0.5, 0.6) is 0 Å². The minimum atomic E-state index is -2.09. The lowest BCUT2D eigenvalue weighted by Crippen LogP contribution is -2.37. The van der Waals surface area contributed by atoms with E-state index in [9.17, 15) is 0 Å². The molecule has 0 aromatic heterocycles. The standard InChI is InChI=1S/C37H48N10P/c1-3-5-25-46(36(42)44-34(38)39)27-22-30(23-28-47(26-6-4-2)37(43)45-35(40)41)24-29-48(31-16-10-7-11-17-31,32-18-12-8-13-19-32)33-20-14-9-15-21-33/h1-2,7-21,30H,5-6,22-29H2,(H5,38,39,42,44)(H5,40,41,43,45)/q+1. The highest BCUT2D eigenvalue weighted by Crippen LogP contribution is 2.56. The van der Waals surface area contributed by atoms with Crippen LogP contribution in [0.25, 0.3) is 0 Å². The Kier molecular flexibility index (Phi) is 15.0. The van der Waals surface area contributed by atoms with Crippen LogP contribution in [-0.2, 0) is 0 Å². The molecular weight excluding hydrogens is 615 g/mol. The third-order valence-corrected chi connectivity index (χ3v) is 12.7. The van der Waals surface area contributed by atoms with E-state index in [1.165, 1.54) is 15.9 Å². The number of nitrogens with zero attached hydrogens (tertiary/aromatic N) is 4. The number of hydrogen-bond donors (Lipinski definition) is 6. The molecule has 0 saturated carbocycles. The summed E-state index contributed by atoms with van der Waals surface area (Å²) in [6.07, 6.45) is 15.3. The predicted molar refractivity (Wildman–Crippen MR) is 204 cm³/mol. The molecule has 0 aliphatic heterocycles. The van der Waals surface area contributed by atoms with E-state index in [-0.39, 0.29) is 29.8 Å². The van der Waals surface area contributed by atoms with Crippen molar-refractivity contribution in [1.29, 1.82) is 10.8 Å². The van der Waals surface area contributed by atoms with Gasteiger partial charge in [0.2, 0.25) is 11.9 Å². The second-order valence-electron chi connectivity index (χ2n) is 11.4. The average Bonchev–Trinajstić information content (AvgIpc) is 3.08. The molecule has 0 radical (unpaired) electrons. The lowest BCUT2D eigenvalue weighted by molar-refractivity contribution is 0.311. The van der Waals surface area contributed by atoms with Crippen LogP contribution in [0, 0.1) is 41.4 Å². The molecule has 0 amide bonds. The molecule has 0 aliphatic carbocycles. The van der Waals surface area contributed by atoms with Crippen LogP contribution >= 0.6 is 7.26 Å². The zero-order valence-electron chi connectivity index (χ0n) is 27.5. The number of hydrogen-bond acceptors (Lipinski definition) is 2. The number of terminal acetylenes is 2. The molecule has 3 aromatic rings. The summed E-state index contributed by atoms with van der Waals surface area (Å²) in [6.45, 7) is 1.98. The molecule has 0 atom stereocenters. The van der Waals surface area contributed by atoms with Gasteiger partial charge in [0, 0.05) is 39.0 Å². The number of nitrogens with two attached hydrogens (primary N) is 4. The van der Waals surface area contributed by atoms with Crippen LogP contribution < -0.4 is 38.8 Å². The van der Waals surface area contributed by atoms with Crippen molar-refractivity contribution in [2.24, 2.45) is 38.8 Å². The van der Waals surface area contributed by atoms with Crippen molar-refractivity contribution < 1.29 is 0 Å². The SMILES string of the molecule is C#CCCN(CCC(CCN(CCC#C)C(=N)N=C(N)N)CC[P+](c1ccccc1)(c1ccccc1)c1ccccc1)C(=N)N=C(N)N. The molecule has 3 aromatic carbocycles. The summed E-state index contributed by atoms with van der Waals surface area (Å²) in [4.78, 5) is 11.6. The second kappa shape index (κ2) is 19.4. The van der Waals surface area contributed by atoms with E-state index < -0.39 is 7.26 Å². The van der Waals surface area contributed by atoms with Gasteiger partial charge in [-0.3, -0.25) is 10.8 Å². The van der Waals surface area contributed by atoms with E-state index in [1.807, 2.05) is 9.80 Å². The Bertz CT molecular complexity index is 1430. The smallest absolute Gasteiger partial charge is 0.221 e. The minimum absolute atomic E-state index is 0.0195. The van der Waals surface area contributed by atoms with E-state index in [2.05, 4.69) is 113 Å². The number of nitrogens with one attached hydrogen (secondary N) is 2. The van der Waals surface area contributed by atoms with Gasteiger partial charge < -0.3 is 32.7 Å². The van der Waals surface area contributed by atoms with Crippen molar-refractivity contribution in [3.8, 4) is 24.7 Å². The summed E-state index contributed by atoms with van der Waals surface area (Å²) in [5.74, 6) is 5.11. The molecule has 0 unspecified atom stereocenters. The van der Waals surface area contributed by atoms with Crippen LogP contribution in [0.2, 0.25) is 0 Å². The van der Waals surface area contributed by atoms with E-state index in [0.29, 0.717) is 39.0 Å². The Hall–Kier alpha value is -5.31. The Morgan fingerprint density at radius 2 is 0.958 bits per heavy atom. The molecule has 250 valence electrons. The maximum Gasteiger partial charge on any atom is 0.221 e. The monoisotopic (exact) mass is 663 g/mol. The van der Waals surface area contributed by atoms with Crippen LogP contribution in [-0.4, -0.2) is 66.0 Å². The van der Waals surface area contributed by atoms with Crippen molar-refractivity contribution >= 4 is 47.0 Å². The highest BCUT2D eigenvalue weighted by Gasteiger charge is 2.45. The normalized spacial score (nSPS) is 11.3. The Balaban J connectivity index is 2.03. The first-order valence-electron chi connectivity index (χ1n) is 16.0. The summed E-state index contributed by atoms with van der Waals surface area (Å²) < 4.78 is 0. The van der Waals surface area contributed by atoms with Gasteiger partial charge in [-0.15, -0.1) is 24.7 Å². The van der Waals surface area contributed by atoms with Gasteiger partial charge in [-0.05, 0) is 61.6 Å². The predicted octanol–water partition coefficient (Wildman–Crippen LogP) is 2.83. The van der Waals surface area contributed by atoms with Crippen molar-refractivity contribution in [3.05, 3.63) is 91.0 Å². The van der Waals surface area contributed by atoms with Crippen LogP contribution in [0.1, 0.15) is 32.1 Å². The highest BCUT2D eigenvalue weighted by atomic mass is 31.2. The Morgan fingerprint density at radius 1 is 0.604 bits per heavy atom. The maximum atomic E-state index is 8.53. The van der Waals surface area contributed by atoms with Gasteiger partial charge in [0.25, 0.3) is 0 Å². The third kappa shape index (κ3) is 10.9. The summed E-state index contributed by atoms with van der Waals surface area (Å²) in [5.41, 5.74) is 22.5. The Labute approximate surface area is 286 Å². The molecule has 0 spiro atoms. The summed E-state index contributed by atoms with van der Waals surface area (Å²) in [5, 5.41) is 21.0. The molecule has 0 fully saturated rings. The van der Waals surface area contributed by atoms with E-state index >= 15 is 0 Å². The zero-order valence-corrected chi connectivity index (χ0v) is 28.4. The first kappa shape index (κ1) is 37.2. The summed E-state index contributed by atoms with van der Waals surface area (Å²) in [7, 11) is -2.09. The van der Waals surface area contributed by atoms with Crippen LogP contribution in [0.4, 0.5) is 0 Å². The van der Waals surface area contributed by atoms with Gasteiger partial charge in [-0.1, -0.05) is 54.6 Å².